The lowest BCUT2D eigenvalue weighted by Gasteiger charge is -2.11. The fraction of sp³-hybridized carbons (Fsp3) is 0.105. The molecule has 0 spiro atoms. The van der Waals surface area contributed by atoms with Crippen LogP contribution in [0.3, 0.4) is 0 Å². The molecule has 136 valence electrons. The van der Waals surface area contributed by atoms with Gasteiger partial charge in [0, 0.05) is 6.07 Å². The van der Waals surface area contributed by atoms with Crippen molar-refractivity contribution < 1.29 is 9.53 Å². The molecule has 8 heteroatoms. The second kappa shape index (κ2) is 8.58. The number of nitriles is 1. The first-order chi connectivity index (χ1) is 13.1. The first kappa shape index (κ1) is 18.8. The Kier molecular flexibility index (Phi) is 5.97. The highest BCUT2D eigenvalue weighted by Gasteiger charge is 2.12. The van der Waals surface area contributed by atoms with E-state index in [1.54, 1.807) is 53.3 Å². The van der Waals surface area contributed by atoms with Crippen LogP contribution in [0, 0.1) is 11.3 Å². The molecule has 6 nitrogen and oxygen atoms in total. The molecule has 0 saturated heterocycles. The number of hydrogen-bond acceptors (Lipinski definition) is 4. The summed E-state index contributed by atoms with van der Waals surface area (Å²) >= 11 is 12.2. The maximum Gasteiger partial charge on any atom is 0.263 e. The van der Waals surface area contributed by atoms with Gasteiger partial charge in [-0.05, 0) is 23.8 Å². The number of nitrogens with one attached hydrogen (secondary N) is 1. The minimum Gasteiger partial charge on any atom is -0.482 e. The summed E-state index contributed by atoms with van der Waals surface area (Å²) in [6.45, 7) is 0.113. The Balaban J connectivity index is 1.65. The molecule has 0 bridgehead atoms. The van der Waals surface area contributed by atoms with Crippen LogP contribution in [0.4, 0.5) is 5.82 Å². The van der Waals surface area contributed by atoms with Crippen LogP contribution in [0.25, 0.3) is 0 Å². The van der Waals surface area contributed by atoms with Crippen LogP contribution < -0.4 is 10.1 Å². The van der Waals surface area contributed by atoms with E-state index in [2.05, 4.69) is 10.4 Å². The molecule has 1 aromatic heterocycles. The first-order valence-electron chi connectivity index (χ1n) is 7.95. The second-order valence-electron chi connectivity index (χ2n) is 5.53. The van der Waals surface area contributed by atoms with E-state index in [1.807, 2.05) is 12.1 Å². The third-order valence-electron chi connectivity index (χ3n) is 3.70. The van der Waals surface area contributed by atoms with Crippen molar-refractivity contribution in [2.24, 2.45) is 0 Å². The summed E-state index contributed by atoms with van der Waals surface area (Å²) in [6, 6.07) is 15.7. The third kappa shape index (κ3) is 4.59. The number of ether oxygens (including phenoxy) is 1. The molecule has 0 radical (unpaired) electrons. The Labute approximate surface area is 165 Å². The van der Waals surface area contributed by atoms with Crippen LogP contribution in [-0.4, -0.2) is 22.3 Å². The molecule has 0 aliphatic rings. The number of hydrogen-bond donors (Lipinski definition) is 1. The monoisotopic (exact) mass is 400 g/mol. The van der Waals surface area contributed by atoms with Crippen LogP contribution in [-0.2, 0) is 11.3 Å². The van der Waals surface area contributed by atoms with Gasteiger partial charge in [0.05, 0.1) is 28.4 Å². The van der Waals surface area contributed by atoms with Crippen LogP contribution in [0.15, 0.2) is 54.7 Å². The van der Waals surface area contributed by atoms with Crippen LogP contribution in [0.5, 0.6) is 5.75 Å². The van der Waals surface area contributed by atoms with Crippen molar-refractivity contribution in [3.63, 3.8) is 0 Å². The Bertz CT molecular complexity index is 1010. The molecule has 1 amide bonds. The van der Waals surface area contributed by atoms with Gasteiger partial charge in [-0.3, -0.25) is 4.79 Å². The summed E-state index contributed by atoms with van der Waals surface area (Å²) in [5, 5.41) is 16.9. The highest BCUT2D eigenvalue weighted by molar-refractivity contribution is 6.42. The molecule has 3 rings (SSSR count). The number of nitrogens with zero attached hydrogens (tertiary/aromatic N) is 3. The van der Waals surface area contributed by atoms with Crippen LogP contribution >= 0.6 is 23.2 Å². The average Bonchev–Trinajstić information content (AvgIpc) is 3.10. The van der Waals surface area contributed by atoms with Gasteiger partial charge in [-0.2, -0.15) is 10.4 Å². The van der Waals surface area contributed by atoms with E-state index < -0.39 is 0 Å². The van der Waals surface area contributed by atoms with Gasteiger partial charge in [0.25, 0.3) is 5.91 Å². The van der Waals surface area contributed by atoms with E-state index in [9.17, 15) is 4.79 Å². The van der Waals surface area contributed by atoms with Gasteiger partial charge >= 0.3 is 0 Å². The Morgan fingerprint density at radius 1 is 1.19 bits per heavy atom. The van der Waals surface area contributed by atoms with Crippen molar-refractivity contribution in [2.45, 2.75) is 6.54 Å². The molecule has 0 fully saturated rings. The predicted molar refractivity (Wildman–Crippen MR) is 103 cm³/mol. The smallest absolute Gasteiger partial charge is 0.263 e. The van der Waals surface area contributed by atoms with Gasteiger partial charge in [-0.25, -0.2) is 4.68 Å². The zero-order valence-electron chi connectivity index (χ0n) is 14.0. The Morgan fingerprint density at radius 3 is 2.81 bits per heavy atom. The zero-order chi connectivity index (χ0) is 19.2. The van der Waals surface area contributed by atoms with Gasteiger partial charge in [0.1, 0.15) is 17.6 Å². The normalized spacial score (nSPS) is 10.3. The molecule has 0 aliphatic carbocycles. The predicted octanol–water partition coefficient (Wildman–Crippen LogP) is 4.13. The Morgan fingerprint density at radius 2 is 2.00 bits per heavy atom. The third-order valence-corrected chi connectivity index (χ3v) is 4.56. The first-order valence-corrected chi connectivity index (χ1v) is 8.70. The lowest BCUT2D eigenvalue weighted by molar-refractivity contribution is -0.118. The molecule has 0 atom stereocenters. The van der Waals surface area contributed by atoms with E-state index in [0.29, 0.717) is 33.7 Å². The minimum atomic E-state index is -0.373. The van der Waals surface area contributed by atoms with E-state index in [1.165, 1.54) is 0 Å². The molecule has 0 unspecified atom stereocenters. The fourth-order valence-electron chi connectivity index (χ4n) is 2.40. The highest BCUT2D eigenvalue weighted by atomic mass is 35.5. The van der Waals surface area contributed by atoms with Crippen molar-refractivity contribution in [3.8, 4) is 11.8 Å². The molecule has 0 aliphatic heterocycles. The van der Waals surface area contributed by atoms with Crippen molar-refractivity contribution in [1.29, 1.82) is 5.26 Å². The maximum absolute atomic E-state index is 12.2. The molecular formula is C19H14Cl2N4O2. The highest BCUT2D eigenvalue weighted by Crippen LogP contribution is 2.26. The molecule has 27 heavy (non-hydrogen) atoms. The summed E-state index contributed by atoms with van der Waals surface area (Å²) in [5.74, 6) is 0.476. The molecule has 2 aromatic carbocycles. The van der Waals surface area contributed by atoms with E-state index in [-0.39, 0.29) is 12.5 Å². The zero-order valence-corrected chi connectivity index (χ0v) is 15.5. The quantitative estimate of drug-likeness (QED) is 0.674. The number of rotatable bonds is 6. The number of aromatic nitrogens is 2. The lowest BCUT2D eigenvalue weighted by Crippen LogP contribution is -2.22. The van der Waals surface area contributed by atoms with Crippen molar-refractivity contribution in [2.75, 3.05) is 11.9 Å². The maximum atomic E-state index is 12.2. The lowest BCUT2D eigenvalue weighted by atomic mass is 10.2. The number of amides is 1. The summed E-state index contributed by atoms with van der Waals surface area (Å²) in [4.78, 5) is 12.2. The van der Waals surface area contributed by atoms with E-state index >= 15 is 0 Å². The Hall–Kier alpha value is -3.01. The summed E-state index contributed by atoms with van der Waals surface area (Å²) in [7, 11) is 0. The largest absolute Gasteiger partial charge is 0.482 e. The van der Waals surface area contributed by atoms with Gasteiger partial charge < -0.3 is 10.1 Å². The number of anilines is 1. The van der Waals surface area contributed by atoms with Crippen molar-refractivity contribution >= 4 is 34.9 Å². The fourth-order valence-corrected chi connectivity index (χ4v) is 2.78. The van der Waals surface area contributed by atoms with Crippen molar-refractivity contribution in [1.82, 2.24) is 9.78 Å². The summed E-state index contributed by atoms with van der Waals surface area (Å²) in [6.07, 6.45) is 1.57. The molecule has 0 saturated carbocycles. The number of carbonyl (C=O) groups is 1. The topological polar surface area (TPSA) is 79.9 Å². The number of carbonyl (C=O) groups excluding carboxylic acids is 1. The molecule has 1 heterocycles. The van der Waals surface area contributed by atoms with E-state index in [4.69, 9.17) is 33.2 Å². The molecule has 3 aromatic rings. The van der Waals surface area contributed by atoms with Crippen molar-refractivity contribution in [3.05, 3.63) is 75.9 Å². The number of benzene rings is 2. The molecular weight excluding hydrogens is 387 g/mol. The second-order valence-corrected chi connectivity index (χ2v) is 6.32. The number of halogens is 2. The summed E-state index contributed by atoms with van der Waals surface area (Å²) < 4.78 is 7.02. The van der Waals surface area contributed by atoms with Crippen LogP contribution in [0.1, 0.15) is 11.1 Å². The van der Waals surface area contributed by atoms with E-state index in [0.717, 1.165) is 5.56 Å². The van der Waals surface area contributed by atoms with Crippen LogP contribution in [0.2, 0.25) is 10.0 Å². The van der Waals surface area contributed by atoms with Gasteiger partial charge in [0.15, 0.2) is 6.61 Å². The number of para-hydroxylation sites is 1. The standard InChI is InChI=1S/C19H14Cl2N4O2/c20-15-6-3-5-14(19(15)21)11-25-17(8-9-23-25)24-18(26)12-27-16-7-2-1-4-13(16)10-22/h1-9H,11-12H2,(H,24,26). The van der Waals surface area contributed by atoms with Gasteiger partial charge in [0.2, 0.25) is 0 Å². The SMILES string of the molecule is N#Cc1ccccc1OCC(=O)Nc1ccnn1Cc1cccc(Cl)c1Cl. The van der Waals surface area contributed by atoms with Gasteiger partial charge in [-0.1, -0.05) is 47.5 Å². The minimum absolute atomic E-state index is 0.234. The average molecular weight is 401 g/mol. The summed E-state index contributed by atoms with van der Waals surface area (Å²) in [5.41, 5.74) is 1.15. The van der Waals surface area contributed by atoms with Gasteiger partial charge in [-0.15, -0.1) is 0 Å². The molecule has 1 N–H and O–H groups in total.